The summed E-state index contributed by atoms with van der Waals surface area (Å²) in [5.41, 5.74) is 2.48. The summed E-state index contributed by atoms with van der Waals surface area (Å²) in [6, 6.07) is 13.3. The fourth-order valence-corrected chi connectivity index (χ4v) is 2.52. The molecule has 0 amide bonds. The van der Waals surface area contributed by atoms with E-state index in [0.29, 0.717) is 17.2 Å². The van der Waals surface area contributed by atoms with Crippen LogP contribution in [-0.4, -0.2) is 14.2 Å². The zero-order valence-electron chi connectivity index (χ0n) is 11.2. The van der Waals surface area contributed by atoms with Crippen molar-refractivity contribution in [3.8, 4) is 34.4 Å². The van der Waals surface area contributed by atoms with E-state index in [-0.39, 0.29) is 0 Å². The Morgan fingerprint density at radius 2 is 1.65 bits per heavy atom. The maximum Gasteiger partial charge on any atom is 0.210 e. The lowest BCUT2D eigenvalue weighted by atomic mass is 9.91. The number of methoxy groups -OCH3 is 2. The van der Waals surface area contributed by atoms with Gasteiger partial charge in [-0.3, -0.25) is 0 Å². The lowest BCUT2D eigenvalue weighted by Gasteiger charge is -2.27. The van der Waals surface area contributed by atoms with Crippen molar-refractivity contribution in [1.82, 2.24) is 0 Å². The van der Waals surface area contributed by atoms with Crippen LogP contribution in [0.5, 0.6) is 17.2 Å². The van der Waals surface area contributed by atoms with Gasteiger partial charge in [0.15, 0.2) is 0 Å². The molecule has 20 heavy (non-hydrogen) atoms. The first-order valence-corrected chi connectivity index (χ1v) is 6.20. The number of nitriles is 1. The molecule has 1 aliphatic heterocycles. The van der Waals surface area contributed by atoms with Gasteiger partial charge in [0.2, 0.25) is 6.10 Å². The first-order valence-electron chi connectivity index (χ1n) is 6.20. The smallest absolute Gasteiger partial charge is 0.210 e. The van der Waals surface area contributed by atoms with E-state index in [0.717, 1.165) is 16.7 Å². The third kappa shape index (κ3) is 1.68. The van der Waals surface area contributed by atoms with E-state index in [1.54, 1.807) is 14.2 Å². The van der Waals surface area contributed by atoms with Crippen molar-refractivity contribution < 1.29 is 14.2 Å². The molecule has 1 atom stereocenters. The van der Waals surface area contributed by atoms with E-state index >= 15 is 0 Å². The summed E-state index contributed by atoms with van der Waals surface area (Å²) in [6.45, 7) is 0. The van der Waals surface area contributed by atoms with Gasteiger partial charge in [0, 0.05) is 11.1 Å². The molecule has 0 radical (unpaired) electrons. The first kappa shape index (κ1) is 12.4. The van der Waals surface area contributed by atoms with Gasteiger partial charge in [0.25, 0.3) is 0 Å². The van der Waals surface area contributed by atoms with Gasteiger partial charge in [-0.25, -0.2) is 0 Å². The van der Waals surface area contributed by atoms with Crippen molar-refractivity contribution in [1.29, 1.82) is 5.26 Å². The van der Waals surface area contributed by atoms with Crippen LogP contribution in [0.1, 0.15) is 11.7 Å². The maximum absolute atomic E-state index is 9.31. The highest BCUT2D eigenvalue weighted by molar-refractivity contribution is 5.85. The molecule has 0 aliphatic carbocycles. The Hall–Kier alpha value is -2.67. The highest BCUT2D eigenvalue weighted by Gasteiger charge is 2.30. The van der Waals surface area contributed by atoms with Crippen molar-refractivity contribution in [2.24, 2.45) is 0 Å². The summed E-state index contributed by atoms with van der Waals surface area (Å²) in [5.74, 6) is 2.04. The fourth-order valence-electron chi connectivity index (χ4n) is 2.52. The molecule has 1 heterocycles. The summed E-state index contributed by atoms with van der Waals surface area (Å²) < 4.78 is 16.6. The van der Waals surface area contributed by atoms with E-state index in [4.69, 9.17) is 14.2 Å². The molecule has 4 nitrogen and oxygen atoms in total. The summed E-state index contributed by atoms with van der Waals surface area (Å²) in [5, 5.41) is 9.31. The van der Waals surface area contributed by atoms with Crippen molar-refractivity contribution in [2.75, 3.05) is 14.2 Å². The predicted octanol–water partition coefficient (Wildman–Crippen LogP) is 3.33. The zero-order valence-corrected chi connectivity index (χ0v) is 11.2. The van der Waals surface area contributed by atoms with Crippen LogP contribution in [0.3, 0.4) is 0 Å². The summed E-state index contributed by atoms with van der Waals surface area (Å²) >= 11 is 0. The molecule has 0 spiro atoms. The fraction of sp³-hybridized carbons (Fsp3) is 0.188. The number of hydrogen-bond donors (Lipinski definition) is 0. The molecule has 0 aromatic heterocycles. The highest BCUT2D eigenvalue weighted by Crippen LogP contribution is 2.50. The normalized spacial score (nSPS) is 15.3. The average molecular weight is 267 g/mol. The van der Waals surface area contributed by atoms with Gasteiger partial charge in [0.05, 0.1) is 19.8 Å². The van der Waals surface area contributed by atoms with Crippen molar-refractivity contribution in [2.45, 2.75) is 6.10 Å². The second kappa shape index (κ2) is 4.78. The lowest BCUT2D eigenvalue weighted by molar-refractivity contribution is 0.255. The number of fused-ring (bicyclic) bond motifs is 3. The number of nitrogens with zero attached hydrogens (tertiary/aromatic N) is 1. The zero-order chi connectivity index (χ0) is 14.1. The van der Waals surface area contributed by atoms with Crippen LogP contribution >= 0.6 is 0 Å². The van der Waals surface area contributed by atoms with E-state index in [2.05, 4.69) is 6.07 Å². The third-order valence-corrected chi connectivity index (χ3v) is 3.38. The summed E-state index contributed by atoms with van der Waals surface area (Å²) in [4.78, 5) is 0. The van der Waals surface area contributed by atoms with Gasteiger partial charge < -0.3 is 14.2 Å². The molecule has 100 valence electrons. The topological polar surface area (TPSA) is 51.5 Å². The summed E-state index contributed by atoms with van der Waals surface area (Å²) in [6.07, 6.45) is -0.639. The predicted molar refractivity (Wildman–Crippen MR) is 74.0 cm³/mol. The average Bonchev–Trinajstić information content (AvgIpc) is 2.52. The Bertz CT molecular complexity index is 703. The monoisotopic (exact) mass is 267 g/mol. The molecule has 4 heteroatoms. The molecule has 1 unspecified atom stereocenters. The van der Waals surface area contributed by atoms with Gasteiger partial charge >= 0.3 is 0 Å². The number of hydrogen-bond acceptors (Lipinski definition) is 4. The van der Waals surface area contributed by atoms with Crippen LogP contribution < -0.4 is 14.2 Å². The molecular weight excluding hydrogens is 254 g/mol. The Morgan fingerprint density at radius 3 is 2.30 bits per heavy atom. The lowest BCUT2D eigenvalue weighted by Crippen LogP contribution is -2.13. The van der Waals surface area contributed by atoms with Crippen LogP contribution in [0.4, 0.5) is 0 Å². The van der Waals surface area contributed by atoms with E-state index in [9.17, 15) is 5.26 Å². The molecule has 1 aliphatic rings. The Labute approximate surface area is 117 Å². The summed E-state index contributed by atoms with van der Waals surface area (Å²) in [7, 11) is 3.22. The van der Waals surface area contributed by atoms with Gasteiger partial charge in [0.1, 0.15) is 23.3 Å². The van der Waals surface area contributed by atoms with Crippen LogP contribution in [-0.2, 0) is 0 Å². The van der Waals surface area contributed by atoms with E-state index in [1.165, 1.54) is 0 Å². The number of ether oxygens (including phenoxy) is 3. The minimum absolute atomic E-state index is 0.632. The van der Waals surface area contributed by atoms with Crippen molar-refractivity contribution in [3.05, 3.63) is 42.0 Å². The first-order chi connectivity index (χ1) is 9.80. The molecule has 2 aromatic rings. The molecule has 0 fully saturated rings. The minimum Gasteiger partial charge on any atom is -0.496 e. The van der Waals surface area contributed by atoms with Gasteiger partial charge in [-0.1, -0.05) is 18.2 Å². The van der Waals surface area contributed by atoms with Crippen LogP contribution in [0, 0.1) is 11.3 Å². The Balaban J connectivity index is 2.36. The largest absolute Gasteiger partial charge is 0.496 e. The molecule has 0 saturated heterocycles. The van der Waals surface area contributed by atoms with E-state index in [1.807, 2.05) is 36.4 Å². The van der Waals surface area contributed by atoms with Crippen molar-refractivity contribution in [3.63, 3.8) is 0 Å². The van der Waals surface area contributed by atoms with Crippen LogP contribution in [0.25, 0.3) is 11.1 Å². The highest BCUT2D eigenvalue weighted by atomic mass is 16.5. The molecule has 0 saturated carbocycles. The van der Waals surface area contributed by atoms with Crippen molar-refractivity contribution >= 4 is 0 Å². The number of benzene rings is 2. The second-order valence-electron chi connectivity index (χ2n) is 4.38. The quantitative estimate of drug-likeness (QED) is 0.837. The molecule has 3 rings (SSSR count). The molecule has 0 bridgehead atoms. The molecule has 2 aromatic carbocycles. The van der Waals surface area contributed by atoms with Gasteiger partial charge in [-0.05, 0) is 18.2 Å². The molecule has 0 N–H and O–H groups in total. The number of rotatable bonds is 2. The maximum atomic E-state index is 9.31. The standard InChI is InChI=1S/C16H13NO3/c1-18-11-6-3-5-10-14(9-17)20-13-8-4-7-12(19-2)16(13)15(10)11/h3-8,14H,1-2H3. The van der Waals surface area contributed by atoms with Gasteiger partial charge in [-0.2, -0.15) is 5.26 Å². The molecular formula is C16H13NO3. The third-order valence-electron chi connectivity index (χ3n) is 3.38. The minimum atomic E-state index is -0.639. The van der Waals surface area contributed by atoms with Gasteiger partial charge in [-0.15, -0.1) is 0 Å². The Kier molecular flexibility index (Phi) is 2.96. The SMILES string of the molecule is COc1cccc2c1-c1c(OC)cccc1C(C#N)O2. The van der Waals surface area contributed by atoms with Crippen LogP contribution in [0.15, 0.2) is 36.4 Å². The Morgan fingerprint density at radius 1 is 1.00 bits per heavy atom. The van der Waals surface area contributed by atoms with E-state index < -0.39 is 6.10 Å². The second-order valence-corrected chi connectivity index (χ2v) is 4.38. The van der Waals surface area contributed by atoms with Crippen LogP contribution in [0.2, 0.25) is 0 Å².